The first-order chi connectivity index (χ1) is 7.27. The van der Waals surface area contributed by atoms with Crippen LogP contribution in [0.15, 0.2) is 35.8 Å². The molecule has 2 rings (SSSR count). The lowest BCUT2D eigenvalue weighted by atomic mass is 10.5. The highest BCUT2D eigenvalue weighted by molar-refractivity contribution is 14.1. The minimum Gasteiger partial charge on any atom is -0.296 e. The monoisotopic (exact) mass is 316 g/mol. The summed E-state index contributed by atoms with van der Waals surface area (Å²) in [6.07, 6.45) is 6.70. The summed E-state index contributed by atoms with van der Waals surface area (Å²) in [6.45, 7) is 1.26. The fourth-order valence-corrected chi connectivity index (χ4v) is 1.70. The van der Waals surface area contributed by atoms with Gasteiger partial charge in [-0.3, -0.25) is 14.0 Å². The fraction of sp³-hybridized carbons (Fsp3) is 0.222. The van der Waals surface area contributed by atoms with Crippen molar-refractivity contribution < 1.29 is 0 Å². The Morgan fingerprint density at radius 3 is 3.00 bits per heavy atom. The SMILES string of the molecule is O=c1c(I)cncn1CCn1cccn1. The van der Waals surface area contributed by atoms with E-state index in [0.717, 1.165) is 0 Å². The average Bonchev–Trinajstić information content (AvgIpc) is 2.73. The number of nitrogens with zero attached hydrogens (tertiary/aromatic N) is 4. The average molecular weight is 316 g/mol. The Balaban J connectivity index is 2.12. The molecule has 15 heavy (non-hydrogen) atoms. The summed E-state index contributed by atoms with van der Waals surface area (Å²) in [7, 11) is 0. The zero-order chi connectivity index (χ0) is 10.7. The van der Waals surface area contributed by atoms with Gasteiger partial charge in [0.05, 0.1) is 16.4 Å². The van der Waals surface area contributed by atoms with Crippen molar-refractivity contribution in [2.24, 2.45) is 0 Å². The van der Waals surface area contributed by atoms with Gasteiger partial charge in [-0.2, -0.15) is 5.10 Å². The zero-order valence-electron chi connectivity index (χ0n) is 7.88. The van der Waals surface area contributed by atoms with Gasteiger partial charge in [-0.1, -0.05) is 0 Å². The quantitative estimate of drug-likeness (QED) is 0.785. The van der Waals surface area contributed by atoms with E-state index in [2.05, 4.69) is 10.1 Å². The lowest BCUT2D eigenvalue weighted by molar-refractivity contribution is 0.517. The van der Waals surface area contributed by atoms with Crippen LogP contribution in [0.4, 0.5) is 0 Å². The summed E-state index contributed by atoms with van der Waals surface area (Å²) < 4.78 is 4.01. The predicted molar refractivity (Wildman–Crippen MR) is 63.4 cm³/mol. The van der Waals surface area contributed by atoms with Crippen molar-refractivity contribution in [2.45, 2.75) is 13.1 Å². The Morgan fingerprint density at radius 1 is 1.40 bits per heavy atom. The number of aromatic nitrogens is 4. The van der Waals surface area contributed by atoms with Crippen molar-refractivity contribution in [3.63, 3.8) is 0 Å². The molecule has 2 heterocycles. The molecule has 5 nitrogen and oxygen atoms in total. The maximum Gasteiger partial charge on any atom is 0.266 e. The molecule has 0 aromatic carbocycles. The Labute approximate surface area is 99.9 Å². The molecular weight excluding hydrogens is 307 g/mol. The minimum atomic E-state index is -0.00208. The number of hydrogen-bond acceptors (Lipinski definition) is 3. The van der Waals surface area contributed by atoms with Crippen LogP contribution in [0.3, 0.4) is 0 Å². The summed E-state index contributed by atoms with van der Waals surface area (Å²) in [5, 5.41) is 4.06. The molecule has 0 radical (unpaired) electrons. The molecule has 0 saturated carbocycles. The molecule has 0 atom stereocenters. The molecular formula is C9H9IN4O. The second-order valence-corrected chi connectivity index (χ2v) is 4.17. The van der Waals surface area contributed by atoms with Gasteiger partial charge in [0.1, 0.15) is 0 Å². The van der Waals surface area contributed by atoms with Crippen molar-refractivity contribution in [1.82, 2.24) is 19.3 Å². The maximum absolute atomic E-state index is 11.6. The highest BCUT2D eigenvalue weighted by atomic mass is 127. The Morgan fingerprint density at radius 2 is 2.27 bits per heavy atom. The predicted octanol–water partition coefficient (Wildman–Crippen LogP) is 0.745. The van der Waals surface area contributed by atoms with E-state index in [1.54, 1.807) is 28.0 Å². The van der Waals surface area contributed by atoms with Crippen LogP contribution in [-0.2, 0) is 13.1 Å². The van der Waals surface area contributed by atoms with Crippen LogP contribution in [0.2, 0.25) is 0 Å². The molecule has 0 saturated heterocycles. The smallest absolute Gasteiger partial charge is 0.266 e. The van der Waals surface area contributed by atoms with E-state index >= 15 is 0 Å². The van der Waals surface area contributed by atoms with Crippen LogP contribution in [0.5, 0.6) is 0 Å². The molecule has 0 amide bonds. The lowest BCUT2D eigenvalue weighted by Crippen LogP contribution is -2.24. The first kappa shape index (κ1) is 10.3. The fourth-order valence-electron chi connectivity index (χ4n) is 1.23. The highest BCUT2D eigenvalue weighted by Crippen LogP contribution is 1.94. The highest BCUT2D eigenvalue weighted by Gasteiger charge is 2.00. The topological polar surface area (TPSA) is 52.7 Å². The molecule has 0 N–H and O–H groups in total. The maximum atomic E-state index is 11.6. The third-order valence-electron chi connectivity index (χ3n) is 1.99. The third-order valence-corrected chi connectivity index (χ3v) is 2.73. The summed E-state index contributed by atoms with van der Waals surface area (Å²) in [5.41, 5.74) is -0.00208. The van der Waals surface area contributed by atoms with Gasteiger partial charge >= 0.3 is 0 Å². The Bertz CT molecular complexity index is 491. The van der Waals surface area contributed by atoms with E-state index in [-0.39, 0.29) is 5.56 Å². The van der Waals surface area contributed by atoms with Crippen molar-refractivity contribution in [2.75, 3.05) is 0 Å². The second kappa shape index (κ2) is 4.56. The Hall–Kier alpha value is -1.18. The van der Waals surface area contributed by atoms with Crippen molar-refractivity contribution in [1.29, 1.82) is 0 Å². The van der Waals surface area contributed by atoms with Gasteiger partial charge < -0.3 is 0 Å². The molecule has 0 aliphatic carbocycles. The number of aryl methyl sites for hydroxylation is 2. The first-order valence-electron chi connectivity index (χ1n) is 4.45. The van der Waals surface area contributed by atoms with Crippen LogP contribution in [-0.4, -0.2) is 19.3 Å². The van der Waals surface area contributed by atoms with Crippen molar-refractivity contribution in [3.8, 4) is 0 Å². The van der Waals surface area contributed by atoms with Gasteiger partial charge in [0, 0.05) is 25.1 Å². The molecule has 0 spiro atoms. The van der Waals surface area contributed by atoms with Gasteiger partial charge in [0.2, 0.25) is 0 Å². The van der Waals surface area contributed by atoms with E-state index in [9.17, 15) is 4.79 Å². The van der Waals surface area contributed by atoms with Gasteiger partial charge in [-0.25, -0.2) is 4.98 Å². The molecule has 2 aromatic heterocycles. The standard InChI is InChI=1S/C9H9IN4O/c10-8-6-11-7-13(9(8)15)4-5-14-3-1-2-12-14/h1-3,6-7H,4-5H2. The molecule has 0 bridgehead atoms. The molecule has 6 heteroatoms. The van der Waals surface area contributed by atoms with Gasteiger partial charge in [0.15, 0.2) is 0 Å². The van der Waals surface area contributed by atoms with E-state index in [0.29, 0.717) is 16.7 Å². The lowest BCUT2D eigenvalue weighted by Gasteiger charge is -2.04. The minimum absolute atomic E-state index is 0.00208. The third kappa shape index (κ3) is 2.44. The number of hydrogen-bond donors (Lipinski definition) is 0. The van der Waals surface area contributed by atoms with Crippen molar-refractivity contribution in [3.05, 3.63) is 44.9 Å². The summed E-state index contributed by atoms with van der Waals surface area (Å²) in [6, 6.07) is 1.86. The second-order valence-electron chi connectivity index (χ2n) is 3.01. The normalized spacial score (nSPS) is 10.5. The number of halogens is 1. The summed E-state index contributed by atoms with van der Waals surface area (Å²) >= 11 is 1.98. The largest absolute Gasteiger partial charge is 0.296 e. The van der Waals surface area contributed by atoms with Gasteiger partial charge in [0.25, 0.3) is 5.56 Å². The molecule has 2 aromatic rings. The summed E-state index contributed by atoms with van der Waals surface area (Å²) in [4.78, 5) is 15.6. The van der Waals surface area contributed by atoms with E-state index < -0.39 is 0 Å². The molecule has 0 unspecified atom stereocenters. The van der Waals surface area contributed by atoms with Gasteiger partial charge in [-0.15, -0.1) is 0 Å². The molecule has 78 valence electrons. The van der Waals surface area contributed by atoms with E-state index in [1.807, 2.05) is 34.9 Å². The van der Waals surface area contributed by atoms with E-state index in [1.165, 1.54) is 0 Å². The Kier molecular flexibility index (Phi) is 3.14. The molecule has 0 aliphatic rings. The van der Waals surface area contributed by atoms with Crippen LogP contribution in [0.25, 0.3) is 0 Å². The van der Waals surface area contributed by atoms with E-state index in [4.69, 9.17) is 0 Å². The van der Waals surface area contributed by atoms with Gasteiger partial charge in [-0.05, 0) is 28.7 Å². The zero-order valence-corrected chi connectivity index (χ0v) is 10.0. The number of rotatable bonds is 3. The first-order valence-corrected chi connectivity index (χ1v) is 5.52. The van der Waals surface area contributed by atoms with Crippen molar-refractivity contribution >= 4 is 22.6 Å². The van der Waals surface area contributed by atoms with Crippen LogP contribution in [0, 0.1) is 3.57 Å². The molecule has 0 aliphatic heterocycles. The van der Waals surface area contributed by atoms with Crippen LogP contribution in [0.1, 0.15) is 0 Å². The van der Waals surface area contributed by atoms with Crippen LogP contribution >= 0.6 is 22.6 Å². The molecule has 0 fully saturated rings. The summed E-state index contributed by atoms with van der Waals surface area (Å²) in [5.74, 6) is 0. The van der Waals surface area contributed by atoms with Crippen LogP contribution < -0.4 is 5.56 Å².